The number of hydrogen-bond donors (Lipinski definition) is 3. The first-order valence-electron chi connectivity index (χ1n) is 10.6. The number of hydrogen-bond acceptors (Lipinski definition) is 4. The summed E-state index contributed by atoms with van der Waals surface area (Å²) in [5.41, 5.74) is 1.67. The van der Waals surface area contributed by atoms with Gasteiger partial charge in [-0.1, -0.05) is 50.2 Å². The van der Waals surface area contributed by atoms with Crippen molar-refractivity contribution in [1.29, 1.82) is 0 Å². The lowest BCUT2D eigenvalue weighted by molar-refractivity contribution is 0.0949. The number of sulfonamides is 1. The van der Waals surface area contributed by atoms with E-state index in [1.54, 1.807) is 13.0 Å². The van der Waals surface area contributed by atoms with Gasteiger partial charge in [-0.2, -0.15) is 0 Å². The third-order valence-electron chi connectivity index (χ3n) is 5.30. The molecule has 3 rings (SSSR count). The molecule has 6 nitrogen and oxygen atoms in total. The molecular formula is C25H28FN3O3S. The van der Waals surface area contributed by atoms with E-state index >= 15 is 0 Å². The molecule has 174 valence electrons. The zero-order chi connectivity index (χ0) is 24.0. The minimum absolute atomic E-state index is 0.0220. The molecule has 0 aliphatic carbocycles. The highest BCUT2D eigenvalue weighted by Crippen LogP contribution is 2.21. The molecule has 3 aromatic carbocycles. The van der Waals surface area contributed by atoms with Gasteiger partial charge in [-0.05, 0) is 54.8 Å². The number of nitrogens with one attached hydrogen (secondary N) is 3. The van der Waals surface area contributed by atoms with E-state index in [2.05, 4.69) is 29.2 Å². The Morgan fingerprint density at radius 2 is 1.64 bits per heavy atom. The fourth-order valence-corrected chi connectivity index (χ4v) is 4.35. The topological polar surface area (TPSA) is 87.3 Å². The van der Waals surface area contributed by atoms with Gasteiger partial charge in [0.05, 0.1) is 10.6 Å². The Bertz CT molecular complexity index is 1210. The van der Waals surface area contributed by atoms with Gasteiger partial charge >= 0.3 is 0 Å². The van der Waals surface area contributed by atoms with Gasteiger partial charge in [-0.3, -0.25) is 9.52 Å². The molecule has 0 aliphatic heterocycles. The molecule has 0 bridgehead atoms. The van der Waals surface area contributed by atoms with Gasteiger partial charge in [-0.15, -0.1) is 0 Å². The van der Waals surface area contributed by atoms with Gasteiger partial charge in [0.25, 0.3) is 15.9 Å². The van der Waals surface area contributed by atoms with Crippen molar-refractivity contribution < 1.29 is 17.6 Å². The summed E-state index contributed by atoms with van der Waals surface area (Å²) in [6, 6.07) is 19.5. The highest BCUT2D eigenvalue weighted by molar-refractivity contribution is 7.92. The van der Waals surface area contributed by atoms with Crippen molar-refractivity contribution in [1.82, 2.24) is 5.32 Å². The standard InChI is InChI=1S/C25H28FN3O3S/c1-17(2)24(28-19-9-5-4-6-10-19)16-27-25(30)21-15-20(14-13-18(21)3)33(31,32)29-23-12-8-7-11-22(23)26/h4-15,17,24,28-29H,16H2,1-3H3,(H,27,30). The summed E-state index contributed by atoms with van der Waals surface area (Å²) in [5.74, 6) is -0.823. The maximum atomic E-state index is 13.9. The fourth-order valence-electron chi connectivity index (χ4n) is 3.26. The van der Waals surface area contributed by atoms with E-state index in [4.69, 9.17) is 0 Å². The second-order valence-electron chi connectivity index (χ2n) is 8.13. The smallest absolute Gasteiger partial charge is 0.262 e. The molecule has 0 spiro atoms. The largest absolute Gasteiger partial charge is 0.380 e. The Kier molecular flexibility index (Phi) is 7.71. The van der Waals surface area contributed by atoms with Crippen LogP contribution in [0.15, 0.2) is 77.7 Å². The molecule has 1 unspecified atom stereocenters. The van der Waals surface area contributed by atoms with E-state index in [0.29, 0.717) is 12.1 Å². The number of aryl methyl sites for hydroxylation is 1. The van der Waals surface area contributed by atoms with Crippen LogP contribution in [-0.4, -0.2) is 26.9 Å². The molecule has 0 aliphatic rings. The average molecular weight is 470 g/mol. The Labute approximate surface area is 194 Å². The average Bonchev–Trinajstić information content (AvgIpc) is 2.78. The number of para-hydroxylation sites is 2. The number of anilines is 2. The first-order valence-corrected chi connectivity index (χ1v) is 12.1. The van der Waals surface area contributed by atoms with Crippen LogP contribution in [0, 0.1) is 18.7 Å². The summed E-state index contributed by atoms with van der Waals surface area (Å²) >= 11 is 0. The third kappa shape index (κ3) is 6.32. The lowest BCUT2D eigenvalue weighted by Gasteiger charge is -2.24. The van der Waals surface area contributed by atoms with Gasteiger partial charge in [0.1, 0.15) is 5.82 Å². The van der Waals surface area contributed by atoms with Gasteiger partial charge in [0, 0.05) is 23.8 Å². The van der Waals surface area contributed by atoms with Crippen LogP contribution in [0.2, 0.25) is 0 Å². The molecule has 3 aromatic rings. The van der Waals surface area contributed by atoms with E-state index in [1.807, 2.05) is 30.3 Å². The predicted molar refractivity (Wildman–Crippen MR) is 129 cm³/mol. The molecule has 0 heterocycles. The third-order valence-corrected chi connectivity index (χ3v) is 6.66. The fraction of sp³-hybridized carbons (Fsp3) is 0.240. The van der Waals surface area contributed by atoms with Crippen LogP contribution in [0.3, 0.4) is 0 Å². The van der Waals surface area contributed by atoms with Crippen LogP contribution in [0.25, 0.3) is 0 Å². The van der Waals surface area contributed by atoms with Crippen molar-refractivity contribution in [3.8, 4) is 0 Å². The summed E-state index contributed by atoms with van der Waals surface area (Å²) in [7, 11) is -4.08. The summed E-state index contributed by atoms with van der Waals surface area (Å²) < 4.78 is 41.7. The molecule has 1 atom stereocenters. The number of amides is 1. The van der Waals surface area contributed by atoms with E-state index in [-0.39, 0.29) is 34.0 Å². The van der Waals surface area contributed by atoms with Crippen LogP contribution in [0.4, 0.5) is 15.8 Å². The highest BCUT2D eigenvalue weighted by atomic mass is 32.2. The van der Waals surface area contributed by atoms with Crippen molar-refractivity contribution in [3.05, 3.63) is 89.7 Å². The van der Waals surface area contributed by atoms with E-state index in [1.165, 1.54) is 36.4 Å². The number of benzene rings is 3. The molecule has 33 heavy (non-hydrogen) atoms. The first-order chi connectivity index (χ1) is 15.7. The molecule has 0 saturated heterocycles. The van der Waals surface area contributed by atoms with Crippen LogP contribution in [0.1, 0.15) is 29.8 Å². The van der Waals surface area contributed by atoms with Crippen molar-refractivity contribution in [2.24, 2.45) is 5.92 Å². The van der Waals surface area contributed by atoms with E-state index in [0.717, 1.165) is 5.69 Å². The summed E-state index contributed by atoms with van der Waals surface area (Å²) in [5, 5.41) is 6.31. The van der Waals surface area contributed by atoms with Crippen molar-refractivity contribution in [3.63, 3.8) is 0 Å². The second kappa shape index (κ2) is 10.5. The van der Waals surface area contributed by atoms with E-state index < -0.39 is 15.8 Å². The Hall–Kier alpha value is -3.39. The zero-order valence-electron chi connectivity index (χ0n) is 18.8. The van der Waals surface area contributed by atoms with Crippen LogP contribution < -0.4 is 15.4 Å². The maximum Gasteiger partial charge on any atom is 0.262 e. The quantitative estimate of drug-likeness (QED) is 0.420. The Morgan fingerprint density at radius 1 is 0.970 bits per heavy atom. The van der Waals surface area contributed by atoms with Gasteiger partial charge < -0.3 is 10.6 Å². The Morgan fingerprint density at radius 3 is 2.30 bits per heavy atom. The molecule has 0 radical (unpaired) electrons. The number of carbonyl (C=O) groups is 1. The molecule has 8 heteroatoms. The number of rotatable bonds is 9. The Balaban J connectivity index is 1.75. The first kappa shape index (κ1) is 24.3. The minimum Gasteiger partial charge on any atom is -0.380 e. The zero-order valence-corrected chi connectivity index (χ0v) is 19.6. The summed E-state index contributed by atoms with van der Waals surface area (Å²) in [6.07, 6.45) is 0. The maximum absolute atomic E-state index is 13.9. The molecule has 0 saturated carbocycles. The van der Waals surface area contributed by atoms with Gasteiger partial charge in [0.15, 0.2) is 0 Å². The van der Waals surface area contributed by atoms with Gasteiger partial charge in [-0.25, -0.2) is 12.8 Å². The van der Waals surface area contributed by atoms with E-state index in [9.17, 15) is 17.6 Å². The normalized spacial score (nSPS) is 12.3. The van der Waals surface area contributed by atoms with Crippen molar-refractivity contribution in [2.75, 3.05) is 16.6 Å². The summed E-state index contributed by atoms with van der Waals surface area (Å²) in [6.45, 7) is 6.20. The monoisotopic (exact) mass is 469 g/mol. The van der Waals surface area contributed by atoms with Crippen LogP contribution in [0.5, 0.6) is 0 Å². The number of carbonyl (C=O) groups excluding carboxylic acids is 1. The second-order valence-corrected chi connectivity index (χ2v) is 9.82. The minimum atomic E-state index is -4.08. The van der Waals surface area contributed by atoms with Crippen molar-refractivity contribution in [2.45, 2.75) is 31.7 Å². The number of halogens is 1. The SMILES string of the molecule is Cc1ccc(S(=O)(=O)Nc2ccccc2F)cc1C(=O)NCC(Nc1ccccc1)C(C)C. The van der Waals surface area contributed by atoms with Crippen LogP contribution >= 0.6 is 0 Å². The highest BCUT2D eigenvalue weighted by Gasteiger charge is 2.21. The lowest BCUT2D eigenvalue weighted by Crippen LogP contribution is -2.39. The molecule has 1 amide bonds. The van der Waals surface area contributed by atoms with Gasteiger partial charge in [0.2, 0.25) is 0 Å². The molecular weight excluding hydrogens is 441 g/mol. The lowest BCUT2D eigenvalue weighted by atomic mass is 10.0. The molecule has 3 N–H and O–H groups in total. The van der Waals surface area contributed by atoms with Crippen molar-refractivity contribution >= 4 is 27.3 Å². The predicted octanol–water partition coefficient (Wildman–Crippen LogP) is 4.80. The summed E-state index contributed by atoms with van der Waals surface area (Å²) in [4.78, 5) is 12.8. The molecule has 0 fully saturated rings. The van der Waals surface area contributed by atoms with Crippen LogP contribution in [-0.2, 0) is 10.0 Å². The molecule has 0 aromatic heterocycles.